The largest absolute Gasteiger partial charge is 0.505 e. The van der Waals surface area contributed by atoms with Gasteiger partial charge in [-0.2, -0.15) is 0 Å². The van der Waals surface area contributed by atoms with Crippen LogP contribution in [0.2, 0.25) is 0 Å². The molecule has 0 aliphatic carbocycles. The average molecular weight is 300 g/mol. The van der Waals surface area contributed by atoms with E-state index in [1.54, 1.807) is 24.3 Å². The predicted molar refractivity (Wildman–Crippen MR) is 80.1 cm³/mol. The molecule has 1 saturated heterocycles. The number of carbonyl (C=O) groups excluding carboxylic acids is 1. The van der Waals surface area contributed by atoms with Crippen LogP contribution in [0.25, 0.3) is 0 Å². The molecule has 0 spiro atoms. The molecule has 2 heterocycles. The van der Waals surface area contributed by atoms with E-state index in [4.69, 9.17) is 9.47 Å². The first-order chi connectivity index (χ1) is 10.7. The third kappa shape index (κ3) is 3.17. The van der Waals surface area contributed by atoms with Gasteiger partial charge in [0.2, 0.25) is 0 Å². The van der Waals surface area contributed by atoms with Crippen molar-refractivity contribution < 1.29 is 19.4 Å². The van der Waals surface area contributed by atoms with Crippen molar-refractivity contribution in [1.29, 1.82) is 0 Å². The standard InChI is InChI=1S/C16H16N2O4/c19-13-5-3-8-17-15(13)16(20)18-12-4-1-2-6-14(12)22-11-7-9-21-10-11/h1-6,8,11,19H,7,9-10H2,(H,18,20)/t11-/m0/s1. The normalized spacial score (nSPS) is 17.2. The number of hydrogen-bond donors (Lipinski definition) is 2. The van der Waals surface area contributed by atoms with Gasteiger partial charge in [0.05, 0.1) is 18.9 Å². The lowest BCUT2D eigenvalue weighted by molar-refractivity contribution is 0.101. The van der Waals surface area contributed by atoms with Gasteiger partial charge in [0.15, 0.2) is 5.69 Å². The van der Waals surface area contributed by atoms with E-state index in [1.807, 2.05) is 6.07 Å². The van der Waals surface area contributed by atoms with E-state index in [-0.39, 0.29) is 17.5 Å². The lowest BCUT2D eigenvalue weighted by atomic mass is 10.2. The highest BCUT2D eigenvalue weighted by Gasteiger charge is 2.20. The van der Waals surface area contributed by atoms with Crippen molar-refractivity contribution in [2.24, 2.45) is 0 Å². The summed E-state index contributed by atoms with van der Waals surface area (Å²) < 4.78 is 11.1. The number of nitrogens with zero attached hydrogens (tertiary/aromatic N) is 1. The van der Waals surface area contributed by atoms with Gasteiger partial charge in [-0.3, -0.25) is 4.79 Å². The van der Waals surface area contributed by atoms with Crippen LogP contribution in [0, 0.1) is 0 Å². The summed E-state index contributed by atoms with van der Waals surface area (Å²) in [6.45, 7) is 1.23. The molecule has 3 rings (SSSR count). The van der Waals surface area contributed by atoms with Gasteiger partial charge in [-0.1, -0.05) is 12.1 Å². The van der Waals surface area contributed by atoms with Gasteiger partial charge in [-0.05, 0) is 24.3 Å². The highest BCUT2D eigenvalue weighted by atomic mass is 16.5. The molecular weight excluding hydrogens is 284 g/mol. The Labute approximate surface area is 127 Å². The molecule has 1 aromatic carbocycles. The lowest BCUT2D eigenvalue weighted by Gasteiger charge is -2.16. The van der Waals surface area contributed by atoms with Crippen molar-refractivity contribution in [1.82, 2.24) is 4.98 Å². The maximum atomic E-state index is 12.2. The number of nitrogens with one attached hydrogen (secondary N) is 1. The summed E-state index contributed by atoms with van der Waals surface area (Å²) in [5.41, 5.74) is 0.506. The molecule has 1 aromatic heterocycles. The summed E-state index contributed by atoms with van der Waals surface area (Å²) in [6, 6.07) is 10.1. The molecule has 6 nitrogen and oxygen atoms in total. The third-order valence-electron chi connectivity index (χ3n) is 3.32. The minimum atomic E-state index is -0.489. The number of ether oxygens (including phenoxy) is 2. The summed E-state index contributed by atoms with van der Waals surface area (Å²) in [5, 5.41) is 12.4. The molecule has 2 N–H and O–H groups in total. The average Bonchev–Trinajstić information content (AvgIpc) is 3.02. The Morgan fingerprint density at radius 3 is 2.95 bits per heavy atom. The fraction of sp³-hybridized carbons (Fsp3) is 0.250. The Kier molecular flexibility index (Phi) is 4.20. The second-order valence-electron chi connectivity index (χ2n) is 4.92. The minimum absolute atomic E-state index is 0.0127. The Morgan fingerprint density at radius 2 is 2.18 bits per heavy atom. The molecule has 1 atom stereocenters. The van der Waals surface area contributed by atoms with Crippen molar-refractivity contribution in [3.05, 3.63) is 48.3 Å². The van der Waals surface area contributed by atoms with Crippen LogP contribution in [-0.4, -0.2) is 35.3 Å². The molecule has 1 aliphatic rings. The molecule has 6 heteroatoms. The number of aromatic nitrogens is 1. The zero-order chi connectivity index (χ0) is 15.4. The van der Waals surface area contributed by atoms with Crippen LogP contribution in [0.3, 0.4) is 0 Å². The maximum Gasteiger partial charge on any atom is 0.278 e. The monoisotopic (exact) mass is 300 g/mol. The first kappa shape index (κ1) is 14.3. The second-order valence-corrected chi connectivity index (χ2v) is 4.92. The van der Waals surface area contributed by atoms with Gasteiger partial charge >= 0.3 is 0 Å². The Morgan fingerprint density at radius 1 is 1.32 bits per heavy atom. The Balaban J connectivity index is 1.77. The number of anilines is 1. The summed E-state index contributed by atoms with van der Waals surface area (Å²) in [6.07, 6.45) is 2.26. The maximum absolute atomic E-state index is 12.2. The molecule has 2 aromatic rings. The van der Waals surface area contributed by atoms with Crippen LogP contribution in [0.5, 0.6) is 11.5 Å². The summed E-state index contributed by atoms with van der Waals surface area (Å²) in [5.74, 6) is -0.0822. The second kappa shape index (κ2) is 6.44. The smallest absolute Gasteiger partial charge is 0.278 e. The quantitative estimate of drug-likeness (QED) is 0.905. The molecule has 0 unspecified atom stereocenters. The van der Waals surface area contributed by atoms with Crippen LogP contribution < -0.4 is 10.1 Å². The van der Waals surface area contributed by atoms with Gasteiger partial charge < -0.3 is 19.9 Å². The molecule has 0 radical (unpaired) electrons. The number of pyridine rings is 1. The number of para-hydroxylation sites is 2. The number of carbonyl (C=O) groups is 1. The topological polar surface area (TPSA) is 80.7 Å². The minimum Gasteiger partial charge on any atom is -0.505 e. The molecular formula is C16H16N2O4. The Bertz CT molecular complexity index is 669. The van der Waals surface area contributed by atoms with Gasteiger partial charge in [0.1, 0.15) is 17.6 Å². The molecule has 1 amide bonds. The lowest BCUT2D eigenvalue weighted by Crippen LogP contribution is -2.18. The summed E-state index contributed by atoms with van der Waals surface area (Å²) in [4.78, 5) is 16.1. The van der Waals surface area contributed by atoms with Crippen LogP contribution in [-0.2, 0) is 4.74 Å². The van der Waals surface area contributed by atoms with Crippen LogP contribution >= 0.6 is 0 Å². The summed E-state index contributed by atoms with van der Waals surface area (Å²) in [7, 11) is 0. The van der Waals surface area contributed by atoms with E-state index in [9.17, 15) is 9.90 Å². The number of rotatable bonds is 4. The van der Waals surface area contributed by atoms with Crippen molar-refractivity contribution in [3.8, 4) is 11.5 Å². The third-order valence-corrected chi connectivity index (χ3v) is 3.32. The SMILES string of the molecule is O=C(Nc1ccccc1O[C@H]1CCOC1)c1ncccc1O. The van der Waals surface area contributed by atoms with Crippen molar-refractivity contribution >= 4 is 11.6 Å². The fourth-order valence-corrected chi connectivity index (χ4v) is 2.21. The predicted octanol–water partition coefficient (Wildman–Crippen LogP) is 2.21. The van der Waals surface area contributed by atoms with Gasteiger partial charge in [-0.15, -0.1) is 0 Å². The van der Waals surface area contributed by atoms with E-state index in [0.717, 1.165) is 6.42 Å². The molecule has 0 bridgehead atoms. The highest BCUT2D eigenvalue weighted by molar-refractivity contribution is 6.05. The van der Waals surface area contributed by atoms with Crippen LogP contribution in [0.15, 0.2) is 42.6 Å². The fourth-order valence-electron chi connectivity index (χ4n) is 2.21. The number of hydrogen-bond acceptors (Lipinski definition) is 5. The van der Waals surface area contributed by atoms with Gasteiger partial charge in [0.25, 0.3) is 5.91 Å². The van der Waals surface area contributed by atoms with E-state index in [2.05, 4.69) is 10.3 Å². The van der Waals surface area contributed by atoms with E-state index in [1.165, 1.54) is 12.3 Å². The van der Waals surface area contributed by atoms with E-state index < -0.39 is 5.91 Å². The van der Waals surface area contributed by atoms with Crippen LogP contribution in [0.4, 0.5) is 5.69 Å². The summed E-state index contributed by atoms with van der Waals surface area (Å²) >= 11 is 0. The van der Waals surface area contributed by atoms with Gasteiger partial charge in [0, 0.05) is 12.6 Å². The molecule has 1 aliphatic heterocycles. The van der Waals surface area contributed by atoms with E-state index in [0.29, 0.717) is 24.7 Å². The van der Waals surface area contributed by atoms with Crippen LogP contribution in [0.1, 0.15) is 16.9 Å². The number of amides is 1. The number of aromatic hydroxyl groups is 1. The molecule has 114 valence electrons. The van der Waals surface area contributed by atoms with Gasteiger partial charge in [-0.25, -0.2) is 4.98 Å². The zero-order valence-corrected chi connectivity index (χ0v) is 11.9. The number of benzene rings is 1. The van der Waals surface area contributed by atoms with Crippen molar-refractivity contribution in [2.75, 3.05) is 18.5 Å². The molecule has 0 saturated carbocycles. The molecule has 22 heavy (non-hydrogen) atoms. The first-order valence-corrected chi connectivity index (χ1v) is 7.03. The Hall–Kier alpha value is -2.60. The zero-order valence-electron chi connectivity index (χ0n) is 11.9. The van der Waals surface area contributed by atoms with Crippen molar-refractivity contribution in [2.45, 2.75) is 12.5 Å². The molecule has 1 fully saturated rings. The van der Waals surface area contributed by atoms with Crippen molar-refractivity contribution in [3.63, 3.8) is 0 Å². The van der Waals surface area contributed by atoms with E-state index >= 15 is 0 Å². The first-order valence-electron chi connectivity index (χ1n) is 7.03. The highest BCUT2D eigenvalue weighted by Crippen LogP contribution is 2.27.